The SMILES string of the molecule is CC[C@H](C(=O)NCC(C)C)N(Cc1ccc(C)cc1)C(=O)CN(C)S(=O)(=O)c1ccc2ccccc2c1. The molecule has 0 fully saturated rings. The van der Waals surface area contributed by atoms with Gasteiger partial charge in [0.25, 0.3) is 0 Å². The number of hydrogen-bond acceptors (Lipinski definition) is 4. The third kappa shape index (κ3) is 7.17. The lowest BCUT2D eigenvalue weighted by Crippen LogP contribution is -2.52. The zero-order valence-corrected chi connectivity index (χ0v) is 23.1. The van der Waals surface area contributed by atoms with Crippen LogP contribution in [0, 0.1) is 12.8 Å². The molecular weight excluding hydrogens is 486 g/mol. The molecule has 1 N–H and O–H groups in total. The number of amides is 2. The van der Waals surface area contributed by atoms with E-state index in [1.807, 2.05) is 76.2 Å². The molecule has 8 heteroatoms. The minimum absolute atomic E-state index is 0.119. The maximum atomic E-state index is 13.6. The van der Waals surface area contributed by atoms with Crippen LogP contribution in [0.1, 0.15) is 38.3 Å². The topological polar surface area (TPSA) is 86.8 Å². The second kappa shape index (κ2) is 12.3. The lowest BCUT2D eigenvalue weighted by atomic mass is 10.1. The molecule has 0 bridgehead atoms. The summed E-state index contributed by atoms with van der Waals surface area (Å²) in [5.41, 5.74) is 1.96. The summed E-state index contributed by atoms with van der Waals surface area (Å²) >= 11 is 0. The van der Waals surface area contributed by atoms with Crippen molar-refractivity contribution in [2.45, 2.75) is 51.6 Å². The van der Waals surface area contributed by atoms with Gasteiger partial charge in [-0.3, -0.25) is 9.59 Å². The van der Waals surface area contributed by atoms with Crippen LogP contribution in [0.15, 0.2) is 71.6 Å². The molecule has 3 aromatic rings. The molecule has 3 aromatic carbocycles. The summed E-state index contributed by atoms with van der Waals surface area (Å²) in [5, 5.41) is 4.66. The largest absolute Gasteiger partial charge is 0.354 e. The molecule has 3 rings (SSSR count). The molecule has 0 saturated heterocycles. The summed E-state index contributed by atoms with van der Waals surface area (Å²) in [6.45, 7) is 8.16. The van der Waals surface area contributed by atoms with Crippen LogP contribution in [0.3, 0.4) is 0 Å². The van der Waals surface area contributed by atoms with Crippen LogP contribution in [-0.2, 0) is 26.2 Å². The minimum Gasteiger partial charge on any atom is -0.354 e. The van der Waals surface area contributed by atoms with Gasteiger partial charge in [0.1, 0.15) is 6.04 Å². The third-order valence-electron chi connectivity index (χ3n) is 6.33. The van der Waals surface area contributed by atoms with Crippen LogP contribution in [0.4, 0.5) is 0 Å². The summed E-state index contributed by atoms with van der Waals surface area (Å²) in [6.07, 6.45) is 0.405. The summed E-state index contributed by atoms with van der Waals surface area (Å²) < 4.78 is 27.8. The predicted octanol–water partition coefficient (Wildman–Crippen LogP) is 4.35. The number of fused-ring (bicyclic) bond motifs is 1. The highest BCUT2D eigenvalue weighted by atomic mass is 32.2. The first kappa shape index (κ1) is 28.3. The van der Waals surface area contributed by atoms with E-state index in [2.05, 4.69) is 5.32 Å². The molecule has 198 valence electrons. The van der Waals surface area contributed by atoms with Crippen molar-refractivity contribution in [1.29, 1.82) is 0 Å². The number of nitrogens with zero attached hydrogens (tertiary/aromatic N) is 2. The van der Waals surface area contributed by atoms with E-state index < -0.39 is 22.0 Å². The Labute approximate surface area is 220 Å². The van der Waals surface area contributed by atoms with Crippen molar-refractivity contribution in [3.63, 3.8) is 0 Å². The van der Waals surface area contributed by atoms with E-state index in [0.29, 0.717) is 13.0 Å². The van der Waals surface area contributed by atoms with Crippen molar-refractivity contribution in [1.82, 2.24) is 14.5 Å². The Morgan fingerprint density at radius 3 is 2.22 bits per heavy atom. The van der Waals surface area contributed by atoms with Crippen LogP contribution in [0.2, 0.25) is 0 Å². The fourth-order valence-corrected chi connectivity index (χ4v) is 5.26. The van der Waals surface area contributed by atoms with E-state index in [9.17, 15) is 18.0 Å². The summed E-state index contributed by atoms with van der Waals surface area (Å²) in [7, 11) is -2.53. The normalized spacial score (nSPS) is 12.6. The number of benzene rings is 3. The van der Waals surface area contributed by atoms with Crippen LogP contribution in [0.25, 0.3) is 10.8 Å². The number of rotatable bonds is 11. The maximum Gasteiger partial charge on any atom is 0.243 e. The Hall–Kier alpha value is -3.23. The molecule has 0 aliphatic heterocycles. The molecule has 0 spiro atoms. The Kier molecular flexibility index (Phi) is 9.45. The van der Waals surface area contributed by atoms with Gasteiger partial charge >= 0.3 is 0 Å². The van der Waals surface area contributed by atoms with Gasteiger partial charge in [-0.25, -0.2) is 8.42 Å². The van der Waals surface area contributed by atoms with Gasteiger partial charge in [-0.2, -0.15) is 4.31 Å². The molecule has 37 heavy (non-hydrogen) atoms. The van der Waals surface area contributed by atoms with E-state index in [4.69, 9.17) is 0 Å². The molecule has 0 heterocycles. The van der Waals surface area contributed by atoms with Crippen molar-refractivity contribution >= 4 is 32.6 Å². The Bertz CT molecular complexity index is 1340. The van der Waals surface area contributed by atoms with Crippen molar-refractivity contribution < 1.29 is 18.0 Å². The molecule has 0 radical (unpaired) electrons. The van der Waals surface area contributed by atoms with Crippen molar-refractivity contribution in [3.05, 3.63) is 77.9 Å². The van der Waals surface area contributed by atoms with Gasteiger partial charge in [-0.15, -0.1) is 0 Å². The number of likely N-dealkylation sites (N-methyl/N-ethyl adjacent to an activating group) is 1. The van der Waals surface area contributed by atoms with E-state index in [1.54, 1.807) is 18.2 Å². The average molecular weight is 524 g/mol. The van der Waals surface area contributed by atoms with Gasteiger partial charge in [0.05, 0.1) is 11.4 Å². The second-order valence-corrected chi connectivity index (χ2v) is 11.9. The zero-order chi connectivity index (χ0) is 27.2. The molecule has 0 aromatic heterocycles. The van der Waals surface area contributed by atoms with E-state index in [1.165, 1.54) is 11.9 Å². The highest BCUT2D eigenvalue weighted by Crippen LogP contribution is 2.22. The Balaban J connectivity index is 1.86. The second-order valence-electron chi connectivity index (χ2n) is 9.84. The molecule has 1 atom stereocenters. The first-order valence-electron chi connectivity index (χ1n) is 12.6. The smallest absolute Gasteiger partial charge is 0.243 e. The van der Waals surface area contributed by atoms with E-state index in [-0.39, 0.29) is 29.8 Å². The van der Waals surface area contributed by atoms with Gasteiger partial charge in [-0.1, -0.05) is 80.9 Å². The van der Waals surface area contributed by atoms with Gasteiger partial charge in [0, 0.05) is 20.1 Å². The number of carbonyl (C=O) groups excluding carboxylic acids is 2. The van der Waals surface area contributed by atoms with Crippen LogP contribution in [-0.4, -0.2) is 55.6 Å². The molecule has 0 aliphatic rings. The lowest BCUT2D eigenvalue weighted by Gasteiger charge is -2.32. The number of carbonyl (C=O) groups is 2. The van der Waals surface area contributed by atoms with E-state index >= 15 is 0 Å². The maximum absolute atomic E-state index is 13.6. The monoisotopic (exact) mass is 523 g/mol. The average Bonchev–Trinajstić information content (AvgIpc) is 2.87. The first-order chi connectivity index (χ1) is 17.5. The first-order valence-corrected chi connectivity index (χ1v) is 14.0. The number of sulfonamides is 1. The molecule has 0 saturated carbocycles. The Morgan fingerprint density at radius 2 is 1.59 bits per heavy atom. The number of nitrogens with one attached hydrogen (secondary N) is 1. The summed E-state index contributed by atoms with van der Waals surface area (Å²) in [5.74, 6) is -0.406. The third-order valence-corrected chi connectivity index (χ3v) is 8.13. The standard InChI is InChI=1S/C29H37N3O4S/c1-6-27(29(34)30-18-21(2)3)32(19-23-13-11-22(4)12-14-23)28(33)20-31(5)37(35,36)26-16-15-24-9-7-8-10-25(24)17-26/h7-17,21,27H,6,18-20H2,1-5H3,(H,30,34)/t27-/m1/s1. The molecule has 7 nitrogen and oxygen atoms in total. The molecular formula is C29H37N3O4S. The van der Waals surface area contributed by atoms with Crippen LogP contribution in [0.5, 0.6) is 0 Å². The van der Waals surface area contributed by atoms with Gasteiger partial charge in [0.15, 0.2) is 0 Å². The fraction of sp³-hybridized carbons (Fsp3) is 0.379. The lowest BCUT2D eigenvalue weighted by molar-refractivity contribution is -0.141. The van der Waals surface area contributed by atoms with Crippen molar-refractivity contribution in [2.24, 2.45) is 5.92 Å². The fourth-order valence-electron chi connectivity index (χ4n) is 4.11. The van der Waals surface area contributed by atoms with Crippen molar-refractivity contribution in [3.8, 4) is 0 Å². The van der Waals surface area contributed by atoms with Gasteiger partial charge in [0.2, 0.25) is 21.8 Å². The number of aryl methyl sites for hydroxylation is 1. The highest BCUT2D eigenvalue weighted by Gasteiger charge is 2.31. The highest BCUT2D eigenvalue weighted by molar-refractivity contribution is 7.89. The summed E-state index contributed by atoms with van der Waals surface area (Å²) in [6, 6.07) is 19.5. The number of hydrogen-bond donors (Lipinski definition) is 1. The minimum atomic E-state index is -3.93. The van der Waals surface area contributed by atoms with Gasteiger partial charge in [-0.05, 0) is 47.7 Å². The van der Waals surface area contributed by atoms with Crippen LogP contribution >= 0.6 is 0 Å². The molecule has 0 unspecified atom stereocenters. The van der Waals surface area contributed by atoms with Crippen molar-refractivity contribution in [2.75, 3.05) is 20.1 Å². The zero-order valence-electron chi connectivity index (χ0n) is 22.3. The predicted molar refractivity (Wildman–Crippen MR) is 147 cm³/mol. The Morgan fingerprint density at radius 1 is 0.946 bits per heavy atom. The van der Waals surface area contributed by atoms with Gasteiger partial charge < -0.3 is 10.2 Å². The molecule has 0 aliphatic carbocycles. The van der Waals surface area contributed by atoms with Crippen LogP contribution < -0.4 is 5.32 Å². The molecule has 2 amide bonds. The summed E-state index contributed by atoms with van der Waals surface area (Å²) in [4.78, 5) is 28.3. The quantitative estimate of drug-likeness (QED) is 0.405. The van der Waals surface area contributed by atoms with E-state index in [0.717, 1.165) is 26.2 Å².